The molecule has 1 aliphatic heterocycles. The van der Waals surface area contributed by atoms with Crippen LogP contribution in [0.5, 0.6) is 0 Å². The van der Waals surface area contributed by atoms with Crippen molar-refractivity contribution in [1.29, 1.82) is 0 Å². The number of hydrogen-bond donors (Lipinski definition) is 0. The van der Waals surface area contributed by atoms with E-state index in [9.17, 15) is 4.79 Å². The monoisotopic (exact) mass is 291 g/mol. The molecule has 0 radical (unpaired) electrons. The summed E-state index contributed by atoms with van der Waals surface area (Å²) < 4.78 is 0. The topological polar surface area (TPSA) is 20.3 Å². The summed E-state index contributed by atoms with van der Waals surface area (Å²) in [7, 11) is 0. The van der Waals surface area contributed by atoms with Crippen LogP contribution < -0.4 is 0 Å². The zero-order valence-electron chi connectivity index (χ0n) is 13.0. The van der Waals surface area contributed by atoms with Gasteiger partial charge < -0.3 is 4.90 Å². The van der Waals surface area contributed by atoms with E-state index in [-0.39, 0.29) is 11.3 Å². The number of fused-ring (bicyclic) bond motifs is 4. The molecule has 4 rings (SSSR count). The molecule has 1 amide bonds. The summed E-state index contributed by atoms with van der Waals surface area (Å²) in [6.07, 6.45) is 3.09. The van der Waals surface area contributed by atoms with Crippen molar-refractivity contribution in [2.75, 3.05) is 13.1 Å². The second-order valence-corrected chi connectivity index (χ2v) is 6.58. The van der Waals surface area contributed by atoms with Gasteiger partial charge in [0.1, 0.15) is 0 Å². The standard InChI is InChI=1S/C20H21NO/c1-15(22)21-12-10-20(11-13-21)18-8-4-2-6-16(18)14-17-7-3-5-9-19(17)20/h2-9H,10-14H2,1H3. The number of rotatable bonds is 0. The first kappa shape index (κ1) is 13.6. The van der Waals surface area contributed by atoms with Crippen LogP contribution in [0.15, 0.2) is 48.5 Å². The van der Waals surface area contributed by atoms with E-state index in [1.54, 1.807) is 6.92 Å². The first-order valence-corrected chi connectivity index (χ1v) is 8.13. The van der Waals surface area contributed by atoms with Gasteiger partial charge >= 0.3 is 0 Å². The summed E-state index contributed by atoms with van der Waals surface area (Å²) in [6, 6.07) is 17.7. The fourth-order valence-corrected chi connectivity index (χ4v) is 4.37. The molecule has 22 heavy (non-hydrogen) atoms. The first-order chi connectivity index (χ1) is 10.7. The van der Waals surface area contributed by atoms with Crippen molar-refractivity contribution in [2.45, 2.75) is 31.6 Å². The number of likely N-dealkylation sites (tertiary alicyclic amines) is 1. The van der Waals surface area contributed by atoms with Crippen LogP contribution in [0.1, 0.15) is 42.0 Å². The maximum atomic E-state index is 11.7. The molecule has 0 N–H and O–H groups in total. The molecular weight excluding hydrogens is 270 g/mol. The summed E-state index contributed by atoms with van der Waals surface area (Å²) in [6.45, 7) is 3.40. The van der Waals surface area contributed by atoms with Crippen molar-refractivity contribution in [1.82, 2.24) is 4.90 Å². The maximum Gasteiger partial charge on any atom is 0.219 e. The lowest BCUT2D eigenvalue weighted by Gasteiger charge is -2.46. The van der Waals surface area contributed by atoms with Gasteiger partial charge in [-0.15, -0.1) is 0 Å². The lowest BCUT2D eigenvalue weighted by Crippen LogP contribution is -2.46. The smallest absolute Gasteiger partial charge is 0.219 e. The van der Waals surface area contributed by atoms with Crippen molar-refractivity contribution in [3.05, 3.63) is 70.8 Å². The Morgan fingerprint density at radius 2 is 1.41 bits per heavy atom. The molecule has 1 spiro atoms. The van der Waals surface area contributed by atoms with Crippen LogP contribution in [-0.4, -0.2) is 23.9 Å². The third-order valence-electron chi connectivity index (χ3n) is 5.51. The molecule has 0 bridgehead atoms. The Morgan fingerprint density at radius 3 is 1.91 bits per heavy atom. The number of piperidine rings is 1. The third-order valence-corrected chi connectivity index (χ3v) is 5.51. The molecule has 2 aromatic rings. The van der Waals surface area contributed by atoms with Gasteiger partial charge in [0.25, 0.3) is 0 Å². The third kappa shape index (κ3) is 1.90. The average Bonchev–Trinajstić information content (AvgIpc) is 2.56. The van der Waals surface area contributed by atoms with Gasteiger partial charge in [-0.1, -0.05) is 48.5 Å². The van der Waals surface area contributed by atoms with Gasteiger partial charge in [0.15, 0.2) is 0 Å². The molecule has 0 atom stereocenters. The SMILES string of the molecule is CC(=O)N1CCC2(CC1)c1ccccc1Cc1ccccc12. The zero-order chi connectivity index (χ0) is 15.2. The molecule has 1 fully saturated rings. The number of carbonyl (C=O) groups excluding carboxylic acids is 1. The van der Waals surface area contributed by atoms with Gasteiger partial charge in [0.05, 0.1) is 0 Å². The molecule has 0 saturated carbocycles. The fraction of sp³-hybridized carbons (Fsp3) is 0.350. The van der Waals surface area contributed by atoms with Crippen LogP contribution in [0, 0.1) is 0 Å². The van der Waals surface area contributed by atoms with Gasteiger partial charge in [0, 0.05) is 25.4 Å². The minimum absolute atomic E-state index is 0.0946. The van der Waals surface area contributed by atoms with Crippen molar-refractivity contribution in [2.24, 2.45) is 0 Å². The molecule has 2 aromatic carbocycles. The normalized spacial score (nSPS) is 18.7. The van der Waals surface area contributed by atoms with Gasteiger partial charge in [-0.05, 0) is 41.5 Å². The molecule has 0 unspecified atom stereocenters. The summed E-state index contributed by atoms with van der Waals surface area (Å²) >= 11 is 0. The Bertz CT molecular complexity index is 678. The highest BCUT2D eigenvalue weighted by Gasteiger charge is 2.42. The number of nitrogens with zero attached hydrogens (tertiary/aromatic N) is 1. The van der Waals surface area contributed by atoms with E-state index < -0.39 is 0 Å². The van der Waals surface area contributed by atoms with Gasteiger partial charge in [0.2, 0.25) is 5.91 Å². The van der Waals surface area contributed by atoms with Crippen LogP contribution in [0.2, 0.25) is 0 Å². The van der Waals surface area contributed by atoms with E-state index >= 15 is 0 Å². The zero-order valence-corrected chi connectivity index (χ0v) is 13.0. The van der Waals surface area contributed by atoms with E-state index in [2.05, 4.69) is 48.5 Å². The summed E-state index contributed by atoms with van der Waals surface area (Å²) in [5.41, 5.74) is 5.97. The predicted molar refractivity (Wildman–Crippen MR) is 88.0 cm³/mol. The van der Waals surface area contributed by atoms with Crippen LogP contribution in [-0.2, 0) is 16.6 Å². The van der Waals surface area contributed by atoms with Crippen molar-refractivity contribution in [3.8, 4) is 0 Å². The van der Waals surface area contributed by atoms with E-state index in [1.165, 1.54) is 22.3 Å². The minimum atomic E-state index is 0.0946. The van der Waals surface area contributed by atoms with Crippen molar-refractivity contribution in [3.63, 3.8) is 0 Å². The molecule has 1 saturated heterocycles. The summed E-state index contributed by atoms with van der Waals surface area (Å²) in [5.74, 6) is 0.201. The molecule has 1 heterocycles. The van der Waals surface area contributed by atoms with Crippen LogP contribution >= 0.6 is 0 Å². The second-order valence-electron chi connectivity index (χ2n) is 6.58. The van der Waals surface area contributed by atoms with E-state index in [0.717, 1.165) is 32.4 Å². The van der Waals surface area contributed by atoms with E-state index in [1.807, 2.05) is 4.90 Å². The quantitative estimate of drug-likeness (QED) is 0.727. The fourth-order valence-electron chi connectivity index (χ4n) is 4.37. The molecule has 2 nitrogen and oxygen atoms in total. The van der Waals surface area contributed by atoms with Gasteiger partial charge in [-0.3, -0.25) is 4.79 Å². The molecule has 2 heteroatoms. The largest absolute Gasteiger partial charge is 0.343 e. The van der Waals surface area contributed by atoms with Crippen LogP contribution in [0.25, 0.3) is 0 Å². The predicted octanol–water partition coefficient (Wildman–Crippen LogP) is 3.52. The van der Waals surface area contributed by atoms with Gasteiger partial charge in [-0.2, -0.15) is 0 Å². The molecule has 112 valence electrons. The molecule has 0 aromatic heterocycles. The Morgan fingerprint density at radius 1 is 0.909 bits per heavy atom. The van der Waals surface area contributed by atoms with Crippen molar-refractivity contribution < 1.29 is 4.79 Å². The highest BCUT2D eigenvalue weighted by atomic mass is 16.2. The lowest BCUT2D eigenvalue weighted by molar-refractivity contribution is -0.130. The molecule has 1 aliphatic carbocycles. The highest BCUT2D eigenvalue weighted by molar-refractivity contribution is 5.73. The second kappa shape index (κ2) is 4.98. The first-order valence-electron chi connectivity index (χ1n) is 8.13. The van der Waals surface area contributed by atoms with Crippen LogP contribution in [0.3, 0.4) is 0 Å². The lowest BCUT2D eigenvalue weighted by atomic mass is 9.62. The van der Waals surface area contributed by atoms with E-state index in [0.29, 0.717) is 0 Å². The summed E-state index contributed by atoms with van der Waals surface area (Å²) in [4.78, 5) is 13.7. The number of carbonyl (C=O) groups is 1. The minimum Gasteiger partial charge on any atom is -0.343 e. The number of hydrogen-bond acceptors (Lipinski definition) is 1. The van der Waals surface area contributed by atoms with Crippen molar-refractivity contribution >= 4 is 5.91 Å². The average molecular weight is 291 g/mol. The molecular formula is C20H21NO. The Kier molecular flexibility index (Phi) is 3.07. The Hall–Kier alpha value is -2.09. The number of benzene rings is 2. The number of amides is 1. The Balaban J connectivity index is 1.84. The highest BCUT2D eigenvalue weighted by Crippen LogP contribution is 2.47. The maximum absolute atomic E-state index is 11.7. The Labute approximate surface area is 131 Å². The summed E-state index contributed by atoms with van der Waals surface area (Å²) in [5, 5.41) is 0. The van der Waals surface area contributed by atoms with Crippen LogP contribution in [0.4, 0.5) is 0 Å². The molecule has 2 aliphatic rings. The van der Waals surface area contributed by atoms with Gasteiger partial charge in [-0.25, -0.2) is 0 Å². The van der Waals surface area contributed by atoms with E-state index in [4.69, 9.17) is 0 Å².